The normalized spacial score (nSPS) is 11.6. The minimum Gasteiger partial charge on any atom is -0.496 e. The fraction of sp³-hybridized carbons (Fsp3) is 0.538. The standard InChI is InChI=1S/C13H21O4P/c1-6-16-18(14,17-7-2)12-8-10(3)13(15-5)11(4)9-12/h8-9H,6-7H2,1-5H3. The lowest BCUT2D eigenvalue weighted by Gasteiger charge is -2.19. The predicted molar refractivity (Wildman–Crippen MR) is 73.0 cm³/mol. The van der Waals surface area contributed by atoms with Crippen molar-refractivity contribution in [1.82, 2.24) is 0 Å². The average Bonchev–Trinajstić information content (AvgIpc) is 2.29. The first kappa shape index (κ1) is 15.2. The van der Waals surface area contributed by atoms with E-state index in [1.54, 1.807) is 33.1 Å². The maximum atomic E-state index is 12.6. The molecule has 1 aromatic carbocycles. The van der Waals surface area contributed by atoms with Crippen LogP contribution in [-0.2, 0) is 13.6 Å². The molecule has 0 atom stereocenters. The number of aryl methyl sites for hydroxylation is 2. The van der Waals surface area contributed by atoms with Gasteiger partial charge in [0.15, 0.2) is 0 Å². The molecule has 0 aliphatic carbocycles. The molecule has 5 heteroatoms. The van der Waals surface area contributed by atoms with E-state index < -0.39 is 7.60 Å². The van der Waals surface area contributed by atoms with Gasteiger partial charge in [-0.25, -0.2) is 0 Å². The van der Waals surface area contributed by atoms with Crippen molar-refractivity contribution >= 4 is 12.9 Å². The zero-order valence-corrected chi connectivity index (χ0v) is 12.5. The predicted octanol–water partition coefficient (Wildman–Crippen LogP) is 3.20. The van der Waals surface area contributed by atoms with Crippen LogP contribution in [0.4, 0.5) is 0 Å². The molecule has 0 unspecified atom stereocenters. The molecule has 0 saturated heterocycles. The van der Waals surface area contributed by atoms with Crippen LogP contribution < -0.4 is 10.0 Å². The second kappa shape index (κ2) is 6.37. The first-order valence-corrected chi connectivity index (χ1v) is 7.57. The van der Waals surface area contributed by atoms with Crippen molar-refractivity contribution in [1.29, 1.82) is 0 Å². The van der Waals surface area contributed by atoms with Gasteiger partial charge >= 0.3 is 7.60 Å². The van der Waals surface area contributed by atoms with Gasteiger partial charge in [-0.2, -0.15) is 0 Å². The summed E-state index contributed by atoms with van der Waals surface area (Å²) in [5, 5.41) is 0.585. The summed E-state index contributed by atoms with van der Waals surface area (Å²) in [5.74, 6) is 0.804. The molecule has 0 aliphatic heterocycles. The lowest BCUT2D eigenvalue weighted by molar-refractivity contribution is 0.230. The Kier molecular flexibility index (Phi) is 5.39. The minimum atomic E-state index is -3.21. The molecule has 18 heavy (non-hydrogen) atoms. The van der Waals surface area contributed by atoms with E-state index in [-0.39, 0.29) is 0 Å². The molecule has 0 radical (unpaired) electrons. The fourth-order valence-electron chi connectivity index (χ4n) is 1.93. The molecular weight excluding hydrogens is 251 g/mol. The summed E-state index contributed by atoms with van der Waals surface area (Å²) in [5.41, 5.74) is 1.85. The van der Waals surface area contributed by atoms with Crippen LogP contribution in [0.3, 0.4) is 0 Å². The van der Waals surface area contributed by atoms with Crippen molar-refractivity contribution in [3.05, 3.63) is 23.3 Å². The van der Waals surface area contributed by atoms with Crippen LogP contribution in [0.5, 0.6) is 5.75 Å². The molecule has 0 saturated carbocycles. The highest BCUT2D eigenvalue weighted by Crippen LogP contribution is 2.47. The highest BCUT2D eigenvalue weighted by molar-refractivity contribution is 7.62. The Hall–Kier alpha value is -0.830. The molecule has 0 bridgehead atoms. The smallest absolute Gasteiger partial charge is 0.361 e. The van der Waals surface area contributed by atoms with Crippen molar-refractivity contribution in [3.8, 4) is 5.75 Å². The van der Waals surface area contributed by atoms with Crippen LogP contribution in [0.25, 0.3) is 0 Å². The van der Waals surface area contributed by atoms with E-state index in [0.29, 0.717) is 18.5 Å². The Morgan fingerprint density at radius 1 is 1.06 bits per heavy atom. The molecular formula is C13H21O4P. The molecule has 0 aliphatic rings. The van der Waals surface area contributed by atoms with E-state index in [1.165, 1.54) is 0 Å². The Bertz CT molecular complexity index is 423. The number of rotatable bonds is 6. The number of benzene rings is 1. The fourth-order valence-corrected chi connectivity index (χ4v) is 3.69. The van der Waals surface area contributed by atoms with Gasteiger partial charge in [0.25, 0.3) is 0 Å². The van der Waals surface area contributed by atoms with Crippen LogP contribution in [-0.4, -0.2) is 20.3 Å². The molecule has 1 aromatic rings. The Balaban J connectivity index is 3.26. The van der Waals surface area contributed by atoms with Crippen molar-refractivity contribution in [2.75, 3.05) is 20.3 Å². The van der Waals surface area contributed by atoms with Gasteiger partial charge in [0.05, 0.1) is 25.6 Å². The maximum Gasteiger partial charge on any atom is 0.361 e. The number of hydrogen-bond donors (Lipinski definition) is 0. The monoisotopic (exact) mass is 272 g/mol. The van der Waals surface area contributed by atoms with E-state index in [4.69, 9.17) is 13.8 Å². The molecule has 0 heterocycles. The third kappa shape index (κ3) is 3.14. The van der Waals surface area contributed by atoms with Crippen LogP contribution in [0.15, 0.2) is 12.1 Å². The zero-order valence-electron chi connectivity index (χ0n) is 11.6. The van der Waals surface area contributed by atoms with Crippen LogP contribution in [0.2, 0.25) is 0 Å². The summed E-state index contributed by atoms with van der Waals surface area (Å²) in [7, 11) is -1.59. The summed E-state index contributed by atoms with van der Waals surface area (Å²) in [6, 6.07) is 3.61. The summed E-state index contributed by atoms with van der Waals surface area (Å²) >= 11 is 0. The number of methoxy groups -OCH3 is 1. The first-order chi connectivity index (χ1) is 8.48. The van der Waals surface area contributed by atoms with Crippen molar-refractivity contribution in [2.45, 2.75) is 27.7 Å². The van der Waals surface area contributed by atoms with Gasteiger partial charge < -0.3 is 13.8 Å². The third-order valence-corrected chi connectivity index (χ3v) is 4.65. The molecule has 0 aromatic heterocycles. The van der Waals surface area contributed by atoms with E-state index >= 15 is 0 Å². The Morgan fingerprint density at radius 3 is 1.83 bits per heavy atom. The molecule has 1 rings (SSSR count). The topological polar surface area (TPSA) is 44.8 Å². The SMILES string of the molecule is CCOP(=O)(OCC)c1cc(C)c(OC)c(C)c1. The van der Waals surface area contributed by atoms with Crippen molar-refractivity contribution < 1.29 is 18.3 Å². The lowest BCUT2D eigenvalue weighted by Crippen LogP contribution is -2.12. The quantitative estimate of drug-likeness (QED) is 0.746. The highest BCUT2D eigenvalue weighted by Gasteiger charge is 2.27. The first-order valence-electron chi connectivity index (χ1n) is 6.03. The summed E-state index contributed by atoms with van der Waals surface area (Å²) in [6.45, 7) is 8.13. The van der Waals surface area contributed by atoms with Gasteiger partial charge in [0.2, 0.25) is 0 Å². The van der Waals surface area contributed by atoms with Crippen molar-refractivity contribution in [2.24, 2.45) is 0 Å². The number of ether oxygens (including phenoxy) is 1. The lowest BCUT2D eigenvalue weighted by atomic mass is 10.1. The minimum absolute atomic E-state index is 0.349. The second-order valence-corrected chi connectivity index (χ2v) is 5.97. The van der Waals surface area contributed by atoms with Gasteiger partial charge in [-0.1, -0.05) is 0 Å². The third-order valence-electron chi connectivity index (χ3n) is 2.56. The van der Waals surface area contributed by atoms with Gasteiger partial charge in [0, 0.05) is 0 Å². The molecule has 0 spiro atoms. The van der Waals surface area contributed by atoms with E-state index in [0.717, 1.165) is 16.9 Å². The van der Waals surface area contributed by atoms with Crippen LogP contribution in [0, 0.1) is 13.8 Å². The molecule has 0 amide bonds. The largest absolute Gasteiger partial charge is 0.496 e. The van der Waals surface area contributed by atoms with Crippen LogP contribution in [0.1, 0.15) is 25.0 Å². The van der Waals surface area contributed by atoms with Crippen molar-refractivity contribution in [3.63, 3.8) is 0 Å². The van der Waals surface area contributed by atoms with Gasteiger partial charge in [-0.15, -0.1) is 0 Å². The number of hydrogen-bond acceptors (Lipinski definition) is 4. The highest BCUT2D eigenvalue weighted by atomic mass is 31.2. The second-order valence-electron chi connectivity index (χ2n) is 3.95. The Morgan fingerprint density at radius 2 is 1.50 bits per heavy atom. The van der Waals surface area contributed by atoms with Gasteiger partial charge in [-0.3, -0.25) is 4.57 Å². The van der Waals surface area contributed by atoms with E-state index in [1.807, 2.05) is 13.8 Å². The molecule has 4 nitrogen and oxygen atoms in total. The molecule has 0 fully saturated rings. The average molecular weight is 272 g/mol. The van der Waals surface area contributed by atoms with Gasteiger partial charge in [-0.05, 0) is 51.0 Å². The molecule has 102 valence electrons. The molecule has 0 N–H and O–H groups in total. The maximum absolute atomic E-state index is 12.6. The zero-order chi connectivity index (χ0) is 13.8. The Labute approximate surface area is 109 Å². The summed E-state index contributed by atoms with van der Waals surface area (Å²) in [4.78, 5) is 0. The summed E-state index contributed by atoms with van der Waals surface area (Å²) in [6.07, 6.45) is 0. The van der Waals surface area contributed by atoms with Gasteiger partial charge in [0.1, 0.15) is 5.75 Å². The van der Waals surface area contributed by atoms with E-state index in [2.05, 4.69) is 0 Å². The van der Waals surface area contributed by atoms with Crippen LogP contribution >= 0.6 is 7.60 Å². The summed E-state index contributed by atoms with van der Waals surface area (Å²) < 4.78 is 28.6. The van der Waals surface area contributed by atoms with E-state index in [9.17, 15) is 4.57 Å².